The summed E-state index contributed by atoms with van der Waals surface area (Å²) in [5.41, 5.74) is 1.47. The van der Waals surface area contributed by atoms with Gasteiger partial charge in [0, 0.05) is 10.6 Å². The Morgan fingerprint density at radius 3 is 2.73 bits per heavy atom. The second kappa shape index (κ2) is 5.82. The first-order chi connectivity index (χ1) is 12.7. The van der Waals surface area contributed by atoms with Crippen LogP contribution in [0.2, 0.25) is 5.02 Å². The highest BCUT2D eigenvalue weighted by Gasteiger charge is 2.14. The van der Waals surface area contributed by atoms with Crippen molar-refractivity contribution in [1.82, 2.24) is 14.6 Å². The van der Waals surface area contributed by atoms with Gasteiger partial charge >= 0.3 is 0 Å². The van der Waals surface area contributed by atoms with Crippen molar-refractivity contribution >= 4 is 34.0 Å². The van der Waals surface area contributed by atoms with Crippen molar-refractivity contribution in [2.45, 2.75) is 0 Å². The Hall–Kier alpha value is -2.90. The van der Waals surface area contributed by atoms with Gasteiger partial charge in [0.2, 0.25) is 11.8 Å². The molecule has 0 N–H and O–H groups in total. The maximum Gasteiger partial charge on any atom is 0.291 e. The van der Waals surface area contributed by atoms with E-state index in [1.54, 1.807) is 18.2 Å². The van der Waals surface area contributed by atoms with Crippen LogP contribution in [0.3, 0.4) is 0 Å². The summed E-state index contributed by atoms with van der Waals surface area (Å²) in [6, 6.07) is 12.7. The van der Waals surface area contributed by atoms with Gasteiger partial charge in [0.1, 0.15) is 0 Å². The van der Waals surface area contributed by atoms with Gasteiger partial charge in [0.25, 0.3) is 5.56 Å². The first kappa shape index (κ1) is 15.4. The summed E-state index contributed by atoms with van der Waals surface area (Å²) >= 11 is 7.19. The summed E-state index contributed by atoms with van der Waals surface area (Å²) in [6.07, 6.45) is 1.80. The Labute approximate surface area is 155 Å². The summed E-state index contributed by atoms with van der Waals surface area (Å²) in [5, 5.41) is 4.97. The molecule has 5 rings (SSSR count). The molecule has 1 aliphatic rings. The number of aromatic nitrogens is 3. The molecule has 26 heavy (non-hydrogen) atoms. The number of ether oxygens (including phenoxy) is 2. The lowest BCUT2D eigenvalue weighted by atomic mass is 10.2. The van der Waals surface area contributed by atoms with Crippen LogP contribution in [0.25, 0.3) is 22.4 Å². The maximum atomic E-state index is 12.6. The van der Waals surface area contributed by atoms with Crippen LogP contribution < -0.4 is 19.6 Å². The summed E-state index contributed by atoms with van der Waals surface area (Å²) in [6.45, 7) is 0.218. The van der Waals surface area contributed by atoms with E-state index in [1.807, 2.05) is 30.3 Å². The van der Waals surface area contributed by atoms with E-state index < -0.39 is 0 Å². The summed E-state index contributed by atoms with van der Waals surface area (Å²) in [4.78, 5) is 17.6. The molecule has 0 saturated heterocycles. The van der Waals surface area contributed by atoms with E-state index in [-0.39, 0.29) is 12.4 Å². The zero-order valence-corrected chi connectivity index (χ0v) is 14.8. The summed E-state index contributed by atoms with van der Waals surface area (Å²) in [7, 11) is 0. The van der Waals surface area contributed by atoms with Gasteiger partial charge in [-0.15, -0.1) is 5.10 Å². The predicted octanol–water partition coefficient (Wildman–Crippen LogP) is 2.75. The third kappa shape index (κ3) is 2.53. The molecular weight excluding hydrogens is 374 g/mol. The van der Waals surface area contributed by atoms with Crippen molar-refractivity contribution in [3.63, 3.8) is 0 Å². The Morgan fingerprint density at radius 2 is 1.92 bits per heavy atom. The SMILES string of the molecule is O=c1/c(=C\c2ccc3c(c2)OCO3)sc2nc(-c3ccc(Cl)cc3)nn12. The Morgan fingerprint density at radius 1 is 1.12 bits per heavy atom. The summed E-state index contributed by atoms with van der Waals surface area (Å²) in [5.74, 6) is 1.88. The third-order valence-electron chi connectivity index (χ3n) is 3.98. The van der Waals surface area contributed by atoms with Crippen LogP contribution in [0.5, 0.6) is 11.5 Å². The van der Waals surface area contributed by atoms with E-state index in [0.29, 0.717) is 31.8 Å². The van der Waals surface area contributed by atoms with Gasteiger partial charge in [-0.2, -0.15) is 9.50 Å². The molecule has 3 heterocycles. The highest BCUT2D eigenvalue weighted by molar-refractivity contribution is 7.15. The van der Waals surface area contributed by atoms with Crippen LogP contribution in [-0.4, -0.2) is 21.4 Å². The molecule has 8 heteroatoms. The molecule has 4 aromatic rings. The van der Waals surface area contributed by atoms with Crippen molar-refractivity contribution < 1.29 is 9.47 Å². The van der Waals surface area contributed by atoms with Crippen LogP contribution in [0.1, 0.15) is 5.56 Å². The lowest BCUT2D eigenvalue weighted by molar-refractivity contribution is 0.174. The molecule has 0 saturated carbocycles. The van der Waals surface area contributed by atoms with Crippen molar-refractivity contribution in [3.8, 4) is 22.9 Å². The average Bonchev–Trinajstić information content (AvgIpc) is 3.33. The molecule has 0 unspecified atom stereocenters. The molecule has 0 atom stereocenters. The van der Waals surface area contributed by atoms with Gasteiger partial charge in [-0.25, -0.2) is 0 Å². The van der Waals surface area contributed by atoms with Gasteiger partial charge in [0.05, 0.1) is 4.53 Å². The molecular formula is C18H10ClN3O3S. The number of nitrogens with zero attached hydrogens (tertiary/aromatic N) is 3. The van der Waals surface area contributed by atoms with E-state index in [1.165, 1.54) is 15.9 Å². The normalized spacial score (nSPS) is 13.7. The fourth-order valence-corrected chi connectivity index (χ4v) is 3.74. The zero-order chi connectivity index (χ0) is 17.7. The number of halogens is 1. The van der Waals surface area contributed by atoms with Crippen molar-refractivity contribution in [2.75, 3.05) is 6.79 Å². The van der Waals surface area contributed by atoms with Crippen LogP contribution in [0, 0.1) is 0 Å². The topological polar surface area (TPSA) is 65.7 Å². The highest BCUT2D eigenvalue weighted by atomic mass is 35.5. The largest absolute Gasteiger partial charge is 0.454 e. The van der Waals surface area contributed by atoms with E-state index in [0.717, 1.165) is 11.1 Å². The molecule has 0 radical (unpaired) electrons. The zero-order valence-electron chi connectivity index (χ0n) is 13.2. The molecule has 2 aromatic heterocycles. The maximum absolute atomic E-state index is 12.6. The second-order valence-electron chi connectivity index (χ2n) is 5.67. The van der Waals surface area contributed by atoms with E-state index in [9.17, 15) is 4.79 Å². The molecule has 0 aliphatic carbocycles. The smallest absolute Gasteiger partial charge is 0.291 e. The van der Waals surface area contributed by atoms with E-state index >= 15 is 0 Å². The number of rotatable bonds is 2. The van der Waals surface area contributed by atoms with Crippen molar-refractivity contribution in [1.29, 1.82) is 0 Å². The van der Waals surface area contributed by atoms with Gasteiger partial charge in [-0.1, -0.05) is 29.0 Å². The number of fused-ring (bicyclic) bond motifs is 2. The highest BCUT2D eigenvalue weighted by Crippen LogP contribution is 2.32. The van der Waals surface area contributed by atoms with Crippen molar-refractivity contribution in [3.05, 3.63) is 67.9 Å². The molecule has 1 aliphatic heterocycles. The Bertz CT molecular complexity index is 1250. The number of hydrogen-bond acceptors (Lipinski definition) is 6. The van der Waals surface area contributed by atoms with Gasteiger partial charge in [-0.3, -0.25) is 4.79 Å². The van der Waals surface area contributed by atoms with Crippen LogP contribution >= 0.6 is 22.9 Å². The van der Waals surface area contributed by atoms with Gasteiger partial charge in [0.15, 0.2) is 17.3 Å². The molecule has 0 amide bonds. The van der Waals surface area contributed by atoms with Gasteiger partial charge in [-0.05, 0) is 48.0 Å². The second-order valence-corrected chi connectivity index (χ2v) is 7.11. The summed E-state index contributed by atoms with van der Waals surface area (Å²) < 4.78 is 12.5. The fourth-order valence-electron chi connectivity index (χ4n) is 2.71. The van der Waals surface area contributed by atoms with Crippen molar-refractivity contribution in [2.24, 2.45) is 0 Å². The minimum Gasteiger partial charge on any atom is -0.454 e. The molecule has 6 nitrogen and oxygen atoms in total. The fraction of sp³-hybridized carbons (Fsp3) is 0.0556. The standard InChI is InChI=1S/C18H10ClN3O3S/c19-12-4-2-11(3-5-12)16-20-18-22(21-16)17(23)15(26-18)8-10-1-6-13-14(7-10)25-9-24-13/h1-8H,9H2/b15-8+. The Balaban J connectivity index is 1.57. The lowest BCUT2D eigenvalue weighted by Gasteiger charge is -1.96. The average molecular weight is 384 g/mol. The first-order valence-electron chi connectivity index (χ1n) is 7.74. The number of hydrogen-bond donors (Lipinski definition) is 0. The quantitative estimate of drug-likeness (QED) is 0.532. The number of benzene rings is 2. The van der Waals surface area contributed by atoms with Crippen LogP contribution in [0.4, 0.5) is 0 Å². The molecule has 0 spiro atoms. The Kier molecular flexibility index (Phi) is 3.44. The number of thiazole rings is 1. The molecule has 0 bridgehead atoms. The van der Waals surface area contributed by atoms with Crippen LogP contribution in [-0.2, 0) is 0 Å². The first-order valence-corrected chi connectivity index (χ1v) is 8.94. The van der Waals surface area contributed by atoms with E-state index in [4.69, 9.17) is 21.1 Å². The molecule has 128 valence electrons. The lowest BCUT2D eigenvalue weighted by Crippen LogP contribution is -2.23. The minimum absolute atomic E-state index is 0.199. The predicted molar refractivity (Wildman–Crippen MR) is 98.9 cm³/mol. The molecule has 0 fully saturated rings. The molecule has 2 aromatic carbocycles. The monoisotopic (exact) mass is 383 g/mol. The van der Waals surface area contributed by atoms with Crippen LogP contribution in [0.15, 0.2) is 47.3 Å². The van der Waals surface area contributed by atoms with Gasteiger partial charge < -0.3 is 9.47 Å². The third-order valence-corrected chi connectivity index (χ3v) is 5.19. The minimum atomic E-state index is -0.199. The van der Waals surface area contributed by atoms with E-state index in [2.05, 4.69) is 10.1 Å².